The number of carbonyl (C=O) groups excluding carboxylic acids is 1. The predicted molar refractivity (Wildman–Crippen MR) is 122 cm³/mol. The fourth-order valence-electron chi connectivity index (χ4n) is 3.85. The summed E-state index contributed by atoms with van der Waals surface area (Å²) in [5.74, 6) is 0.269. The first-order valence-corrected chi connectivity index (χ1v) is 11.3. The maximum atomic E-state index is 14.0. The number of nitrogens with one attached hydrogen (secondary N) is 1. The van der Waals surface area contributed by atoms with Crippen molar-refractivity contribution in [3.8, 4) is 5.69 Å². The fourth-order valence-corrected chi connectivity index (χ4v) is 4.78. The van der Waals surface area contributed by atoms with Crippen molar-refractivity contribution < 1.29 is 13.9 Å². The molecule has 0 spiro atoms. The molecule has 164 valence electrons. The van der Waals surface area contributed by atoms with Gasteiger partial charge in [0.25, 0.3) is 0 Å². The summed E-state index contributed by atoms with van der Waals surface area (Å²) >= 11 is 1.32. The van der Waals surface area contributed by atoms with Crippen LogP contribution in [0.4, 0.5) is 10.3 Å². The van der Waals surface area contributed by atoms with Crippen LogP contribution in [0.5, 0.6) is 0 Å². The van der Waals surface area contributed by atoms with E-state index in [1.54, 1.807) is 12.3 Å². The van der Waals surface area contributed by atoms with E-state index in [1.807, 2.05) is 41.8 Å². The second-order valence-electron chi connectivity index (χ2n) is 7.57. The van der Waals surface area contributed by atoms with Crippen molar-refractivity contribution in [2.45, 2.75) is 17.3 Å². The lowest BCUT2D eigenvalue weighted by Crippen LogP contribution is -2.37. The molecule has 7 nitrogen and oxygen atoms in total. The normalized spacial score (nSPS) is 15.2. The van der Waals surface area contributed by atoms with Gasteiger partial charge in [-0.15, -0.1) is 10.2 Å². The minimum Gasteiger partial charge on any atom is -0.378 e. The first kappa shape index (κ1) is 20.7. The molecule has 4 aromatic rings. The van der Waals surface area contributed by atoms with Crippen LogP contribution in [0.1, 0.15) is 17.3 Å². The van der Waals surface area contributed by atoms with Crippen LogP contribution in [0, 0.1) is 5.82 Å². The zero-order chi connectivity index (χ0) is 22.1. The lowest BCUT2D eigenvalue weighted by Gasteiger charge is -2.28. The van der Waals surface area contributed by atoms with Gasteiger partial charge in [-0.3, -0.25) is 9.36 Å². The van der Waals surface area contributed by atoms with E-state index >= 15 is 0 Å². The van der Waals surface area contributed by atoms with E-state index in [0.29, 0.717) is 48.7 Å². The standard InChI is InChI=1S/C23H22FN5O2S/c1-15(21(30)19-14-25-20-8-3-2-7-18(19)20)32-23-27-26-22(28-9-11-31-12-10-28)29(23)17-6-4-5-16(24)13-17/h2-8,13-15,25H,9-12H2,1H3. The maximum absolute atomic E-state index is 14.0. The molecule has 2 aromatic carbocycles. The summed E-state index contributed by atoms with van der Waals surface area (Å²) < 4.78 is 21.3. The van der Waals surface area contributed by atoms with Crippen molar-refractivity contribution in [3.63, 3.8) is 0 Å². The number of carbonyl (C=O) groups is 1. The fraction of sp³-hybridized carbons (Fsp3) is 0.261. The summed E-state index contributed by atoms with van der Waals surface area (Å²) in [5.41, 5.74) is 2.18. The smallest absolute Gasteiger partial charge is 0.232 e. The van der Waals surface area contributed by atoms with Crippen molar-refractivity contribution in [1.29, 1.82) is 0 Å². The molecular weight excluding hydrogens is 429 g/mol. The third kappa shape index (κ3) is 3.89. The van der Waals surface area contributed by atoms with Gasteiger partial charge in [-0.1, -0.05) is 36.0 Å². The summed E-state index contributed by atoms with van der Waals surface area (Å²) in [6.07, 6.45) is 1.75. The number of halogens is 1. The molecule has 0 amide bonds. The van der Waals surface area contributed by atoms with Crippen LogP contribution in [0.3, 0.4) is 0 Å². The summed E-state index contributed by atoms with van der Waals surface area (Å²) in [5, 5.41) is 9.79. The molecule has 1 fully saturated rings. The van der Waals surface area contributed by atoms with E-state index < -0.39 is 5.25 Å². The van der Waals surface area contributed by atoms with Gasteiger partial charge >= 0.3 is 0 Å². The van der Waals surface area contributed by atoms with E-state index in [-0.39, 0.29) is 11.6 Å². The Balaban J connectivity index is 1.48. The second kappa shape index (κ2) is 8.76. The average Bonchev–Trinajstić information content (AvgIpc) is 3.43. The molecule has 0 aliphatic carbocycles. The van der Waals surface area contributed by atoms with Gasteiger partial charge in [-0.05, 0) is 31.2 Å². The monoisotopic (exact) mass is 451 g/mol. The number of anilines is 1. The molecule has 32 heavy (non-hydrogen) atoms. The molecule has 9 heteroatoms. The third-order valence-corrected chi connectivity index (χ3v) is 6.53. The van der Waals surface area contributed by atoms with E-state index in [9.17, 15) is 9.18 Å². The number of hydrogen-bond acceptors (Lipinski definition) is 6. The Kier molecular flexibility index (Phi) is 5.67. The zero-order valence-electron chi connectivity index (χ0n) is 17.5. The molecule has 5 rings (SSSR count). The first-order chi connectivity index (χ1) is 15.6. The number of morpholine rings is 1. The van der Waals surface area contributed by atoms with Gasteiger partial charge in [0.1, 0.15) is 5.82 Å². The Morgan fingerprint density at radius 1 is 1.16 bits per heavy atom. The van der Waals surface area contributed by atoms with Gasteiger partial charge in [0.15, 0.2) is 10.9 Å². The van der Waals surface area contributed by atoms with Gasteiger partial charge < -0.3 is 14.6 Å². The van der Waals surface area contributed by atoms with Crippen LogP contribution >= 0.6 is 11.8 Å². The van der Waals surface area contributed by atoms with Crippen molar-refractivity contribution in [3.05, 3.63) is 66.1 Å². The van der Waals surface area contributed by atoms with Crippen LogP contribution in [0.2, 0.25) is 0 Å². The van der Waals surface area contributed by atoms with Crippen LogP contribution in [0.15, 0.2) is 59.9 Å². The molecule has 1 unspecified atom stereocenters. The molecule has 0 radical (unpaired) electrons. The molecule has 1 aliphatic heterocycles. The number of aromatic amines is 1. The lowest BCUT2D eigenvalue weighted by atomic mass is 10.1. The van der Waals surface area contributed by atoms with E-state index in [2.05, 4.69) is 20.1 Å². The van der Waals surface area contributed by atoms with Crippen LogP contribution in [0.25, 0.3) is 16.6 Å². The molecule has 1 N–H and O–H groups in total. The molecule has 2 aromatic heterocycles. The molecule has 0 bridgehead atoms. The Morgan fingerprint density at radius 3 is 2.78 bits per heavy atom. The number of benzene rings is 2. The van der Waals surface area contributed by atoms with Gasteiger partial charge in [-0.2, -0.15) is 0 Å². The maximum Gasteiger partial charge on any atom is 0.232 e. The van der Waals surface area contributed by atoms with E-state index in [0.717, 1.165) is 10.9 Å². The average molecular weight is 452 g/mol. The number of ketones is 1. The highest BCUT2D eigenvalue weighted by molar-refractivity contribution is 8.00. The van der Waals surface area contributed by atoms with E-state index in [4.69, 9.17) is 4.74 Å². The Bertz CT molecular complexity index is 1260. The van der Waals surface area contributed by atoms with E-state index in [1.165, 1.54) is 23.9 Å². The summed E-state index contributed by atoms with van der Waals surface area (Å²) in [7, 11) is 0. The number of Topliss-reactive ketones (excluding diaryl/α,β-unsaturated/α-hetero) is 1. The van der Waals surface area contributed by atoms with Crippen molar-refractivity contribution >= 4 is 34.4 Å². The molecule has 1 atom stereocenters. The Morgan fingerprint density at radius 2 is 1.97 bits per heavy atom. The number of fused-ring (bicyclic) bond motifs is 1. The minimum absolute atomic E-state index is 0.00540. The number of thioether (sulfide) groups is 1. The highest BCUT2D eigenvalue weighted by Crippen LogP contribution is 2.32. The minimum atomic E-state index is -0.414. The molecule has 3 heterocycles. The molecular formula is C23H22FN5O2S. The third-order valence-electron chi connectivity index (χ3n) is 5.48. The highest BCUT2D eigenvalue weighted by atomic mass is 32.2. The summed E-state index contributed by atoms with van der Waals surface area (Å²) in [4.78, 5) is 18.5. The highest BCUT2D eigenvalue weighted by Gasteiger charge is 2.26. The predicted octanol–water partition coefficient (Wildman–Crippen LogP) is 4.09. The number of hydrogen-bond donors (Lipinski definition) is 1. The number of nitrogens with zero attached hydrogens (tertiary/aromatic N) is 4. The Labute approximate surface area is 188 Å². The zero-order valence-corrected chi connectivity index (χ0v) is 18.3. The van der Waals surface area contributed by atoms with Gasteiger partial charge in [-0.25, -0.2) is 4.39 Å². The van der Waals surface area contributed by atoms with Gasteiger partial charge in [0.2, 0.25) is 5.95 Å². The van der Waals surface area contributed by atoms with Crippen molar-refractivity contribution in [2.24, 2.45) is 0 Å². The number of para-hydroxylation sites is 1. The lowest BCUT2D eigenvalue weighted by molar-refractivity contribution is 0.0995. The van der Waals surface area contributed by atoms with Gasteiger partial charge in [0.05, 0.1) is 24.2 Å². The molecule has 0 saturated carbocycles. The number of aromatic nitrogens is 4. The second-order valence-corrected chi connectivity index (χ2v) is 8.88. The van der Waals surface area contributed by atoms with Gasteiger partial charge in [0, 0.05) is 35.8 Å². The quantitative estimate of drug-likeness (QED) is 0.352. The summed E-state index contributed by atoms with van der Waals surface area (Å²) in [6, 6.07) is 14.0. The largest absolute Gasteiger partial charge is 0.378 e. The molecule has 1 aliphatic rings. The molecule has 1 saturated heterocycles. The topological polar surface area (TPSA) is 76.0 Å². The van der Waals surface area contributed by atoms with Crippen molar-refractivity contribution in [1.82, 2.24) is 19.7 Å². The van der Waals surface area contributed by atoms with Crippen LogP contribution in [-0.4, -0.2) is 57.1 Å². The SMILES string of the molecule is CC(Sc1nnc(N2CCOCC2)n1-c1cccc(F)c1)C(=O)c1c[nH]c2ccccc12. The number of H-pyrrole nitrogens is 1. The first-order valence-electron chi connectivity index (χ1n) is 10.4. The number of rotatable bonds is 6. The van der Waals surface area contributed by atoms with Crippen molar-refractivity contribution in [2.75, 3.05) is 31.2 Å². The summed E-state index contributed by atoms with van der Waals surface area (Å²) in [6.45, 7) is 4.37. The van der Waals surface area contributed by atoms with Crippen LogP contribution in [-0.2, 0) is 4.74 Å². The Hall–Kier alpha value is -3.17. The number of ether oxygens (including phenoxy) is 1. The van der Waals surface area contributed by atoms with Crippen LogP contribution < -0.4 is 4.90 Å².